The summed E-state index contributed by atoms with van der Waals surface area (Å²) in [5, 5.41) is 6.86. The van der Waals surface area contributed by atoms with Gasteiger partial charge in [0.25, 0.3) is 0 Å². The van der Waals surface area contributed by atoms with Gasteiger partial charge in [-0.2, -0.15) is 0 Å². The van der Waals surface area contributed by atoms with E-state index in [9.17, 15) is 0 Å². The number of nitrogens with one attached hydrogen (secondary N) is 1. The predicted octanol–water partition coefficient (Wildman–Crippen LogP) is 2.32. The first-order valence-corrected chi connectivity index (χ1v) is 2.81. The average Bonchev–Trinajstić information content (AvgIpc) is 1.91. The topological polar surface area (TPSA) is 23.9 Å². The molecule has 48 valence electrons. The van der Waals surface area contributed by atoms with Gasteiger partial charge < -0.3 is 5.41 Å². The Kier molecular flexibility index (Phi) is 4.41. The molecule has 0 aliphatic carbocycles. The first-order chi connectivity index (χ1) is 4.35. The molecule has 0 unspecified atom stereocenters. The monoisotopic (exact) mass is 121 g/mol. The summed E-state index contributed by atoms with van der Waals surface area (Å²) in [6.07, 6.45) is 8.50. The van der Waals surface area contributed by atoms with Crippen LogP contribution in [0.2, 0.25) is 0 Å². The van der Waals surface area contributed by atoms with Gasteiger partial charge in [0.15, 0.2) is 0 Å². The zero-order valence-corrected chi connectivity index (χ0v) is 5.59. The lowest BCUT2D eigenvalue weighted by atomic mass is 10.2. The molecular weight excluding hydrogens is 110 g/mol. The highest BCUT2D eigenvalue weighted by Gasteiger charge is 1.77. The summed E-state index contributed by atoms with van der Waals surface area (Å²) in [6.45, 7) is 5.41. The Morgan fingerprint density at radius 1 is 1.56 bits per heavy atom. The summed E-state index contributed by atoms with van der Waals surface area (Å²) >= 11 is 0. The van der Waals surface area contributed by atoms with Crippen LogP contribution in [0.25, 0.3) is 0 Å². The van der Waals surface area contributed by atoms with E-state index in [0.717, 1.165) is 5.57 Å². The van der Waals surface area contributed by atoms with Crippen molar-refractivity contribution in [2.45, 2.75) is 6.92 Å². The maximum atomic E-state index is 6.86. The molecule has 0 rings (SSSR count). The SMILES string of the molecule is C=C/C=C\C(C=N)=C/C. The zero-order valence-electron chi connectivity index (χ0n) is 5.59. The summed E-state index contributed by atoms with van der Waals surface area (Å²) in [4.78, 5) is 0. The van der Waals surface area contributed by atoms with Crippen LogP contribution in [0.5, 0.6) is 0 Å². The predicted molar refractivity (Wildman–Crippen MR) is 41.9 cm³/mol. The molecule has 0 saturated carbocycles. The molecule has 0 aromatic heterocycles. The van der Waals surface area contributed by atoms with Crippen molar-refractivity contribution < 1.29 is 0 Å². The van der Waals surface area contributed by atoms with Crippen molar-refractivity contribution in [3.63, 3.8) is 0 Å². The maximum absolute atomic E-state index is 6.86. The molecule has 0 bridgehead atoms. The van der Waals surface area contributed by atoms with Crippen LogP contribution in [0, 0.1) is 5.41 Å². The minimum Gasteiger partial charge on any atom is -0.308 e. The molecule has 0 saturated heterocycles. The molecular formula is C8H11N. The van der Waals surface area contributed by atoms with Crippen molar-refractivity contribution >= 4 is 6.21 Å². The Balaban J connectivity index is 3.99. The average molecular weight is 121 g/mol. The molecule has 0 spiro atoms. The minimum atomic E-state index is 0.898. The summed E-state index contributed by atoms with van der Waals surface area (Å²) in [5.41, 5.74) is 0.898. The van der Waals surface area contributed by atoms with Crippen LogP contribution >= 0.6 is 0 Å². The van der Waals surface area contributed by atoms with Crippen LogP contribution in [-0.2, 0) is 0 Å². The van der Waals surface area contributed by atoms with Crippen LogP contribution in [0.15, 0.2) is 36.5 Å². The summed E-state index contributed by atoms with van der Waals surface area (Å²) in [7, 11) is 0. The number of hydrogen-bond donors (Lipinski definition) is 1. The van der Waals surface area contributed by atoms with Gasteiger partial charge in [-0.05, 0) is 12.5 Å². The molecule has 0 aromatic rings. The van der Waals surface area contributed by atoms with E-state index in [1.807, 2.05) is 19.1 Å². The third-order valence-electron chi connectivity index (χ3n) is 0.925. The Morgan fingerprint density at radius 2 is 2.22 bits per heavy atom. The van der Waals surface area contributed by atoms with Crippen molar-refractivity contribution in [3.05, 3.63) is 36.5 Å². The highest BCUT2D eigenvalue weighted by Crippen LogP contribution is 1.90. The molecule has 0 heterocycles. The first kappa shape index (κ1) is 7.89. The molecule has 0 amide bonds. The molecule has 1 heteroatoms. The standard InChI is InChI=1S/C8H11N/c1-3-5-6-8(4-2)7-9/h3-7,9H,1H2,2H3/b6-5-,8-4+,9-7?. The Morgan fingerprint density at radius 3 is 2.56 bits per heavy atom. The lowest BCUT2D eigenvalue weighted by Crippen LogP contribution is -1.73. The molecule has 0 aliphatic rings. The Hall–Kier alpha value is -1.11. The lowest BCUT2D eigenvalue weighted by molar-refractivity contribution is 1.54. The first-order valence-electron chi connectivity index (χ1n) is 2.81. The third-order valence-corrected chi connectivity index (χ3v) is 0.925. The zero-order chi connectivity index (χ0) is 7.11. The second kappa shape index (κ2) is 5.04. The minimum absolute atomic E-state index is 0.898. The summed E-state index contributed by atoms with van der Waals surface area (Å²) in [6, 6.07) is 0. The van der Waals surface area contributed by atoms with E-state index in [1.165, 1.54) is 6.21 Å². The Labute approximate surface area is 55.9 Å². The fourth-order valence-electron chi connectivity index (χ4n) is 0.407. The molecule has 0 atom stereocenters. The summed E-state index contributed by atoms with van der Waals surface area (Å²) in [5.74, 6) is 0. The van der Waals surface area contributed by atoms with Crippen LogP contribution < -0.4 is 0 Å². The van der Waals surface area contributed by atoms with Gasteiger partial charge in [0.05, 0.1) is 0 Å². The highest BCUT2D eigenvalue weighted by atomic mass is 14.3. The lowest BCUT2D eigenvalue weighted by Gasteiger charge is -1.83. The van der Waals surface area contributed by atoms with E-state index in [2.05, 4.69) is 6.58 Å². The fourth-order valence-corrected chi connectivity index (χ4v) is 0.407. The van der Waals surface area contributed by atoms with Gasteiger partial charge in [0.2, 0.25) is 0 Å². The summed E-state index contributed by atoms with van der Waals surface area (Å²) < 4.78 is 0. The normalized spacial score (nSPS) is 11.9. The largest absolute Gasteiger partial charge is 0.308 e. The van der Waals surface area contributed by atoms with Gasteiger partial charge in [0.1, 0.15) is 0 Å². The van der Waals surface area contributed by atoms with Crippen molar-refractivity contribution in [1.29, 1.82) is 5.41 Å². The van der Waals surface area contributed by atoms with Crippen molar-refractivity contribution in [1.82, 2.24) is 0 Å². The molecule has 9 heavy (non-hydrogen) atoms. The third kappa shape index (κ3) is 3.47. The molecule has 0 radical (unpaired) electrons. The van der Waals surface area contributed by atoms with Gasteiger partial charge in [-0.25, -0.2) is 0 Å². The van der Waals surface area contributed by atoms with E-state index < -0.39 is 0 Å². The van der Waals surface area contributed by atoms with E-state index in [-0.39, 0.29) is 0 Å². The highest BCUT2D eigenvalue weighted by molar-refractivity contribution is 5.79. The van der Waals surface area contributed by atoms with Gasteiger partial charge in [0, 0.05) is 6.21 Å². The van der Waals surface area contributed by atoms with E-state index in [1.54, 1.807) is 12.2 Å². The van der Waals surface area contributed by atoms with Gasteiger partial charge in [-0.1, -0.05) is 30.9 Å². The molecule has 1 nitrogen and oxygen atoms in total. The molecule has 0 aromatic carbocycles. The molecule has 0 aliphatic heterocycles. The van der Waals surface area contributed by atoms with Gasteiger partial charge in [-0.3, -0.25) is 0 Å². The second-order valence-electron chi connectivity index (χ2n) is 1.53. The number of rotatable bonds is 3. The maximum Gasteiger partial charge on any atom is 0.0246 e. The van der Waals surface area contributed by atoms with Gasteiger partial charge in [-0.15, -0.1) is 0 Å². The smallest absolute Gasteiger partial charge is 0.0246 e. The van der Waals surface area contributed by atoms with Gasteiger partial charge >= 0.3 is 0 Å². The molecule has 1 N–H and O–H groups in total. The van der Waals surface area contributed by atoms with Crippen LogP contribution in [0.3, 0.4) is 0 Å². The van der Waals surface area contributed by atoms with Crippen molar-refractivity contribution in [3.8, 4) is 0 Å². The van der Waals surface area contributed by atoms with E-state index in [0.29, 0.717) is 0 Å². The van der Waals surface area contributed by atoms with Crippen LogP contribution in [0.1, 0.15) is 6.92 Å². The van der Waals surface area contributed by atoms with E-state index in [4.69, 9.17) is 5.41 Å². The quantitative estimate of drug-likeness (QED) is 0.437. The van der Waals surface area contributed by atoms with Crippen molar-refractivity contribution in [2.75, 3.05) is 0 Å². The van der Waals surface area contributed by atoms with Crippen molar-refractivity contribution in [2.24, 2.45) is 0 Å². The number of hydrogen-bond acceptors (Lipinski definition) is 1. The van der Waals surface area contributed by atoms with Crippen LogP contribution in [-0.4, -0.2) is 6.21 Å². The molecule has 0 fully saturated rings. The second-order valence-corrected chi connectivity index (χ2v) is 1.53. The van der Waals surface area contributed by atoms with Crippen LogP contribution in [0.4, 0.5) is 0 Å². The Bertz CT molecular complexity index is 152. The van der Waals surface area contributed by atoms with E-state index >= 15 is 0 Å². The number of allylic oxidation sites excluding steroid dienone is 5. The fraction of sp³-hybridized carbons (Fsp3) is 0.125.